The first-order valence-corrected chi connectivity index (χ1v) is 6.79. The quantitative estimate of drug-likeness (QED) is 0.657. The molecule has 106 valence electrons. The number of nitrogens with two attached hydrogens (primary N) is 1. The average Bonchev–Trinajstić information content (AvgIpc) is 2.48. The van der Waals surface area contributed by atoms with Crippen LogP contribution < -0.4 is 11.1 Å². The smallest absolute Gasteiger partial charge is 0.337 e. The number of nitrogens with one attached hydrogen (secondary N) is 1. The zero-order valence-electron chi connectivity index (χ0n) is 11.2. The number of nitriles is 1. The largest absolute Gasteiger partial charge is 0.465 e. The molecule has 5 nitrogen and oxygen atoms in total. The second-order valence-electron chi connectivity index (χ2n) is 4.22. The van der Waals surface area contributed by atoms with Crippen LogP contribution in [0.25, 0.3) is 0 Å². The number of rotatable bonds is 3. The summed E-state index contributed by atoms with van der Waals surface area (Å²) in [5.74, 6) is -0.451. The molecule has 0 aliphatic carbocycles. The Morgan fingerprint density at radius 1 is 1.29 bits per heavy atom. The zero-order chi connectivity index (χ0) is 15.4. The van der Waals surface area contributed by atoms with Crippen LogP contribution in [0.15, 0.2) is 40.9 Å². The standard InChI is InChI=1S/C15H12BrN3O2/c1-21-15(20)9-3-5-13(12(18)6-9)19-14-7-11(16)4-2-10(14)8-17/h2-7,19H,18H2,1H3. The Kier molecular flexibility index (Phi) is 4.45. The first-order chi connectivity index (χ1) is 10.0. The maximum atomic E-state index is 11.4. The van der Waals surface area contributed by atoms with E-state index in [1.54, 1.807) is 30.3 Å². The molecule has 0 saturated carbocycles. The van der Waals surface area contributed by atoms with Gasteiger partial charge in [0.25, 0.3) is 0 Å². The van der Waals surface area contributed by atoms with Crippen LogP contribution in [0.5, 0.6) is 0 Å². The number of nitrogens with zero attached hydrogens (tertiary/aromatic N) is 1. The van der Waals surface area contributed by atoms with Gasteiger partial charge in [0, 0.05) is 4.47 Å². The Labute approximate surface area is 130 Å². The van der Waals surface area contributed by atoms with E-state index in [0.29, 0.717) is 28.2 Å². The van der Waals surface area contributed by atoms with Crippen molar-refractivity contribution in [2.24, 2.45) is 0 Å². The van der Waals surface area contributed by atoms with Crippen LogP contribution in [0.4, 0.5) is 17.1 Å². The van der Waals surface area contributed by atoms with Crippen molar-refractivity contribution in [1.29, 1.82) is 5.26 Å². The Bertz CT molecular complexity index is 738. The van der Waals surface area contributed by atoms with Gasteiger partial charge in [0.05, 0.1) is 35.3 Å². The molecule has 0 atom stereocenters. The Morgan fingerprint density at radius 2 is 2.05 bits per heavy atom. The summed E-state index contributed by atoms with van der Waals surface area (Å²) in [6.45, 7) is 0. The second kappa shape index (κ2) is 6.29. The van der Waals surface area contributed by atoms with E-state index < -0.39 is 5.97 Å². The van der Waals surface area contributed by atoms with Gasteiger partial charge in [0.2, 0.25) is 0 Å². The number of anilines is 3. The minimum absolute atomic E-state index is 0.371. The summed E-state index contributed by atoms with van der Waals surface area (Å²) in [4.78, 5) is 11.4. The molecule has 0 amide bonds. The maximum absolute atomic E-state index is 11.4. The van der Waals surface area contributed by atoms with Crippen LogP contribution in [0, 0.1) is 11.3 Å². The van der Waals surface area contributed by atoms with Crippen molar-refractivity contribution < 1.29 is 9.53 Å². The van der Waals surface area contributed by atoms with Crippen LogP contribution in [-0.4, -0.2) is 13.1 Å². The number of benzene rings is 2. The van der Waals surface area contributed by atoms with Crippen LogP contribution in [-0.2, 0) is 4.74 Å². The third-order valence-corrected chi connectivity index (χ3v) is 3.34. The Hall–Kier alpha value is -2.52. The van der Waals surface area contributed by atoms with Crippen molar-refractivity contribution in [2.45, 2.75) is 0 Å². The predicted octanol–water partition coefficient (Wildman–Crippen LogP) is 3.43. The molecule has 0 spiro atoms. The molecular weight excluding hydrogens is 334 g/mol. The van der Waals surface area contributed by atoms with Gasteiger partial charge in [-0.1, -0.05) is 15.9 Å². The minimum Gasteiger partial charge on any atom is -0.465 e. The molecule has 0 aliphatic rings. The molecule has 0 aromatic heterocycles. The molecule has 0 bridgehead atoms. The molecule has 0 aliphatic heterocycles. The van der Waals surface area contributed by atoms with Crippen LogP contribution in [0.3, 0.4) is 0 Å². The average molecular weight is 346 g/mol. The molecule has 0 radical (unpaired) electrons. The highest BCUT2D eigenvalue weighted by Crippen LogP contribution is 2.28. The van der Waals surface area contributed by atoms with Crippen molar-refractivity contribution in [1.82, 2.24) is 0 Å². The van der Waals surface area contributed by atoms with Crippen molar-refractivity contribution >= 4 is 39.0 Å². The fraction of sp³-hybridized carbons (Fsp3) is 0.0667. The number of carbonyl (C=O) groups is 1. The molecule has 2 aromatic rings. The Morgan fingerprint density at radius 3 is 2.67 bits per heavy atom. The van der Waals surface area contributed by atoms with Crippen molar-refractivity contribution in [3.63, 3.8) is 0 Å². The highest BCUT2D eigenvalue weighted by molar-refractivity contribution is 9.10. The Balaban J connectivity index is 2.35. The van der Waals surface area contributed by atoms with Gasteiger partial charge in [-0.05, 0) is 36.4 Å². The monoisotopic (exact) mass is 345 g/mol. The van der Waals surface area contributed by atoms with Crippen molar-refractivity contribution in [3.8, 4) is 6.07 Å². The molecule has 2 aromatic carbocycles. The summed E-state index contributed by atoms with van der Waals surface area (Å²) in [7, 11) is 1.31. The molecule has 0 heterocycles. The summed E-state index contributed by atoms with van der Waals surface area (Å²) >= 11 is 3.36. The molecule has 21 heavy (non-hydrogen) atoms. The van der Waals surface area contributed by atoms with E-state index in [1.165, 1.54) is 13.2 Å². The SMILES string of the molecule is COC(=O)c1ccc(Nc2cc(Br)ccc2C#N)c(N)c1. The van der Waals surface area contributed by atoms with Gasteiger partial charge >= 0.3 is 5.97 Å². The molecule has 0 saturated heterocycles. The number of carbonyl (C=O) groups excluding carboxylic acids is 1. The lowest BCUT2D eigenvalue weighted by Gasteiger charge is -2.12. The van der Waals surface area contributed by atoms with Crippen LogP contribution in [0.2, 0.25) is 0 Å². The normalized spacial score (nSPS) is 9.76. The van der Waals surface area contributed by atoms with E-state index in [9.17, 15) is 4.79 Å². The topological polar surface area (TPSA) is 88.1 Å². The van der Waals surface area contributed by atoms with Gasteiger partial charge in [-0.25, -0.2) is 4.79 Å². The fourth-order valence-electron chi connectivity index (χ4n) is 1.78. The lowest BCUT2D eigenvalue weighted by molar-refractivity contribution is 0.0601. The van der Waals surface area contributed by atoms with Gasteiger partial charge in [0.1, 0.15) is 6.07 Å². The number of nitrogen functional groups attached to an aromatic ring is 1. The third kappa shape index (κ3) is 3.33. The summed E-state index contributed by atoms with van der Waals surface area (Å²) in [5, 5.41) is 12.2. The number of hydrogen-bond donors (Lipinski definition) is 2. The van der Waals surface area contributed by atoms with E-state index in [4.69, 9.17) is 11.0 Å². The van der Waals surface area contributed by atoms with Gasteiger partial charge in [-0.2, -0.15) is 5.26 Å². The molecule has 0 unspecified atom stereocenters. The fourth-order valence-corrected chi connectivity index (χ4v) is 2.14. The molecule has 3 N–H and O–H groups in total. The maximum Gasteiger partial charge on any atom is 0.337 e. The first kappa shape index (κ1) is 14.9. The van der Waals surface area contributed by atoms with Gasteiger partial charge in [-0.3, -0.25) is 0 Å². The highest BCUT2D eigenvalue weighted by atomic mass is 79.9. The molecule has 0 fully saturated rings. The summed E-state index contributed by atoms with van der Waals surface area (Å²) in [6.07, 6.45) is 0. The van der Waals surface area contributed by atoms with Gasteiger partial charge < -0.3 is 15.8 Å². The summed E-state index contributed by atoms with van der Waals surface area (Å²) in [6, 6.07) is 12.2. The van der Waals surface area contributed by atoms with E-state index >= 15 is 0 Å². The van der Waals surface area contributed by atoms with Crippen LogP contribution >= 0.6 is 15.9 Å². The summed E-state index contributed by atoms with van der Waals surface area (Å²) < 4.78 is 5.48. The van der Waals surface area contributed by atoms with E-state index in [2.05, 4.69) is 32.1 Å². The number of hydrogen-bond acceptors (Lipinski definition) is 5. The number of methoxy groups -OCH3 is 1. The van der Waals surface area contributed by atoms with Crippen molar-refractivity contribution in [2.75, 3.05) is 18.2 Å². The number of halogens is 1. The zero-order valence-corrected chi connectivity index (χ0v) is 12.8. The van der Waals surface area contributed by atoms with E-state index in [1.807, 2.05) is 0 Å². The number of ether oxygens (including phenoxy) is 1. The minimum atomic E-state index is -0.451. The first-order valence-electron chi connectivity index (χ1n) is 5.99. The second-order valence-corrected chi connectivity index (χ2v) is 5.14. The lowest BCUT2D eigenvalue weighted by atomic mass is 10.1. The third-order valence-electron chi connectivity index (χ3n) is 2.84. The van der Waals surface area contributed by atoms with Crippen LogP contribution in [0.1, 0.15) is 15.9 Å². The molecule has 6 heteroatoms. The number of esters is 1. The lowest BCUT2D eigenvalue weighted by Crippen LogP contribution is -2.04. The molecular formula is C15H12BrN3O2. The van der Waals surface area contributed by atoms with E-state index in [-0.39, 0.29) is 0 Å². The van der Waals surface area contributed by atoms with Gasteiger partial charge in [0.15, 0.2) is 0 Å². The van der Waals surface area contributed by atoms with E-state index in [0.717, 1.165) is 4.47 Å². The predicted molar refractivity (Wildman–Crippen MR) is 84.3 cm³/mol. The van der Waals surface area contributed by atoms with Crippen molar-refractivity contribution in [3.05, 3.63) is 52.0 Å². The highest BCUT2D eigenvalue weighted by Gasteiger charge is 2.10. The van der Waals surface area contributed by atoms with Gasteiger partial charge in [-0.15, -0.1) is 0 Å². The molecule has 2 rings (SSSR count). The summed E-state index contributed by atoms with van der Waals surface area (Å²) in [5.41, 5.74) is 8.42.